The minimum atomic E-state index is -2.74. The largest absolute Gasteiger partial charge is 0.361 e. The van der Waals surface area contributed by atoms with Gasteiger partial charge in [-0.3, -0.25) is 0 Å². The van der Waals surface area contributed by atoms with Gasteiger partial charge in [-0.1, -0.05) is 18.2 Å². The fraction of sp³-hybridized carbons (Fsp3) is 0.333. The molecule has 1 N–H and O–H groups in total. The Bertz CT molecular complexity index is 656. The first-order valence-electron chi connectivity index (χ1n) is 8.34. The summed E-state index contributed by atoms with van der Waals surface area (Å²) in [4.78, 5) is 1.43. The molecule has 0 aliphatic heterocycles. The van der Waals surface area contributed by atoms with Crippen LogP contribution in [0.4, 0.5) is 0 Å². The highest BCUT2D eigenvalue weighted by molar-refractivity contribution is 5.83. The molecule has 0 bridgehead atoms. The Kier molecular flexibility index (Phi) is 1.02. The maximum Gasteiger partial charge on any atom is 0.166 e. The Morgan fingerprint density at radius 3 is 3.21 bits per heavy atom. The van der Waals surface area contributed by atoms with Crippen LogP contribution in [0, 0.1) is 0 Å². The molecule has 0 saturated carbocycles. The molecule has 0 unspecified atom stereocenters. The van der Waals surface area contributed by atoms with Gasteiger partial charge >= 0.3 is 0 Å². The van der Waals surface area contributed by atoms with Gasteiger partial charge in [-0.2, -0.15) is 0 Å². The van der Waals surface area contributed by atoms with E-state index in [0.29, 0.717) is 21.4 Å². The van der Waals surface area contributed by atoms with E-state index < -0.39 is 14.0 Å². The summed E-state index contributed by atoms with van der Waals surface area (Å²) >= 11 is 0. The van der Waals surface area contributed by atoms with Crippen LogP contribution in [-0.4, -0.2) is 30.4 Å². The van der Waals surface area contributed by atoms with Gasteiger partial charge in [0, 0.05) is 31.8 Å². The summed E-state index contributed by atoms with van der Waals surface area (Å²) in [5.74, 6) is 0. The molecule has 0 spiro atoms. The first-order valence-corrected chi connectivity index (χ1v) is 4.39. The molecule has 1 aromatic carbocycles. The number of rotatable bonds is 3. The predicted molar refractivity (Wildman–Crippen MR) is 60.6 cm³/mol. The molecule has 74 valence electrons. The standard InChI is InChI=1S/C12H16N2/c1-14(2)8-7-10-9-13-12-6-4-3-5-11(10)12/h3-6,9,13H,7-8H2,1-2H3/i1D3,2D3,9D/hD. The van der Waals surface area contributed by atoms with Crippen LogP contribution in [0.25, 0.3) is 10.9 Å². The van der Waals surface area contributed by atoms with Crippen LogP contribution < -0.4 is 0 Å². The third-order valence-corrected chi connectivity index (χ3v) is 2.13. The van der Waals surface area contributed by atoms with Gasteiger partial charge in [0.2, 0.25) is 0 Å². The lowest BCUT2D eigenvalue weighted by molar-refractivity contribution is 0.414. The third-order valence-electron chi connectivity index (χ3n) is 2.13. The number of para-hydroxylation sites is 1. The van der Waals surface area contributed by atoms with E-state index in [9.17, 15) is 0 Å². The monoisotopic (exact) mass is 196 g/mol. The van der Waals surface area contributed by atoms with Gasteiger partial charge in [0.05, 0.1) is 1.37 Å². The normalized spacial score (nSPS) is 21.5. The summed E-state index contributed by atoms with van der Waals surface area (Å²) in [7, 11) is 0. The molecule has 1 aromatic heterocycles. The Balaban J connectivity index is 2.34. The molecular formula is C12H16N2. The molecule has 2 aromatic rings. The van der Waals surface area contributed by atoms with Crippen molar-refractivity contribution in [2.75, 3.05) is 20.5 Å². The van der Waals surface area contributed by atoms with E-state index in [1.807, 2.05) is 0 Å². The lowest BCUT2D eigenvalue weighted by Crippen LogP contribution is -2.14. The van der Waals surface area contributed by atoms with Crippen molar-refractivity contribution in [1.82, 2.24) is 9.88 Å². The van der Waals surface area contributed by atoms with Crippen LogP contribution in [0.3, 0.4) is 0 Å². The molecule has 2 heteroatoms. The van der Waals surface area contributed by atoms with Gasteiger partial charge in [-0.05, 0) is 32.0 Å². The molecule has 0 amide bonds. The third kappa shape index (κ3) is 1.80. The van der Waals surface area contributed by atoms with Crippen molar-refractivity contribution in [3.8, 4) is 0 Å². The maximum atomic E-state index is 7.96. The Morgan fingerprint density at radius 1 is 1.50 bits per heavy atom. The molecule has 1 heterocycles. The van der Waals surface area contributed by atoms with E-state index in [4.69, 9.17) is 11.0 Å². The molecule has 0 radical (unpaired) electrons. The van der Waals surface area contributed by atoms with Gasteiger partial charge < -0.3 is 9.88 Å². The zero-order valence-electron chi connectivity index (χ0n) is 15.6. The van der Waals surface area contributed by atoms with Gasteiger partial charge in [-0.15, -0.1) is 0 Å². The van der Waals surface area contributed by atoms with Gasteiger partial charge in [-0.25, -0.2) is 0 Å². The summed E-state index contributed by atoms with van der Waals surface area (Å²) < 4.78 is 59.8. The zero-order chi connectivity index (χ0) is 16.7. The summed E-state index contributed by atoms with van der Waals surface area (Å²) in [6.45, 7) is -5.73. The van der Waals surface area contributed by atoms with Gasteiger partial charge in [0.25, 0.3) is 0 Å². The highest BCUT2D eigenvalue weighted by Gasteiger charge is 2.02. The summed E-state index contributed by atoms with van der Waals surface area (Å²) in [6, 6.07) is 6.93. The van der Waals surface area contributed by atoms with Crippen molar-refractivity contribution in [2.24, 2.45) is 0 Å². The highest BCUT2D eigenvalue weighted by Crippen LogP contribution is 2.17. The minimum absolute atomic E-state index is 0.0581. The molecule has 0 saturated heterocycles. The first-order chi connectivity index (χ1) is 10.0. The number of hydrogen-bond acceptors (Lipinski definition) is 1. The van der Waals surface area contributed by atoms with Crippen molar-refractivity contribution in [2.45, 2.75) is 6.42 Å². The average Bonchev–Trinajstić information content (AvgIpc) is 2.61. The van der Waals surface area contributed by atoms with E-state index in [2.05, 4.69) is 0 Å². The highest BCUT2D eigenvalue weighted by atomic mass is 15.0. The van der Waals surface area contributed by atoms with Crippen LogP contribution >= 0.6 is 0 Å². The average molecular weight is 196 g/mol. The smallest absolute Gasteiger partial charge is 0.166 e. The van der Waals surface area contributed by atoms with E-state index in [1.165, 1.54) is 0 Å². The van der Waals surface area contributed by atoms with Crippen molar-refractivity contribution in [1.29, 1.82) is 0 Å². The van der Waals surface area contributed by atoms with E-state index in [-0.39, 0.29) is 19.1 Å². The first kappa shape index (κ1) is 3.70. The molecule has 2 nitrogen and oxygen atoms in total. The van der Waals surface area contributed by atoms with Crippen molar-refractivity contribution < 1.29 is 11.0 Å². The lowest BCUT2D eigenvalue weighted by atomic mass is 10.1. The van der Waals surface area contributed by atoms with Crippen LogP contribution in [-0.2, 0) is 6.42 Å². The van der Waals surface area contributed by atoms with Crippen LogP contribution in [0.1, 0.15) is 15.2 Å². The number of aromatic nitrogens is 1. The van der Waals surface area contributed by atoms with E-state index in [0.717, 1.165) is 4.98 Å². The van der Waals surface area contributed by atoms with Crippen molar-refractivity contribution in [3.63, 3.8) is 0 Å². The lowest BCUT2D eigenvalue weighted by Gasteiger charge is -2.07. The topological polar surface area (TPSA) is 19.0 Å². The molecule has 14 heavy (non-hydrogen) atoms. The van der Waals surface area contributed by atoms with Crippen LogP contribution in [0.15, 0.2) is 30.4 Å². The summed E-state index contributed by atoms with van der Waals surface area (Å²) in [5.41, 5.74) is 1.01. The number of benzene rings is 1. The molecule has 0 fully saturated rings. The SMILES string of the molecule is [2H]c1c(CCN(C([2H])([2H])[2H])C([2H])([2H])[2H])c2ccccc2n1[2H]. The number of likely N-dealkylation sites (N-methyl/N-ethyl adjacent to an activating group) is 1. The number of nitrogens with zero attached hydrogens (tertiary/aromatic N) is 1. The molecule has 2 rings (SSSR count). The number of hydrogen-bond donors (Lipinski definition) is 1. The minimum Gasteiger partial charge on any atom is -0.361 e. The molecular weight excluding hydrogens is 172 g/mol. The zero-order valence-corrected chi connectivity index (χ0v) is 7.62. The van der Waals surface area contributed by atoms with Crippen LogP contribution in [0.2, 0.25) is 1.41 Å². The van der Waals surface area contributed by atoms with Crippen molar-refractivity contribution >= 4 is 10.9 Å². The Hall–Kier alpha value is -1.28. The maximum absolute atomic E-state index is 7.96. The number of fused-ring (bicyclic) bond motifs is 1. The quantitative estimate of drug-likeness (QED) is 0.798. The van der Waals surface area contributed by atoms with Gasteiger partial charge in [0.15, 0.2) is 1.41 Å². The molecule has 0 aliphatic carbocycles. The summed E-state index contributed by atoms with van der Waals surface area (Å²) in [6.07, 6.45) is 0.0133. The second-order valence-electron chi connectivity index (χ2n) is 3.12. The van der Waals surface area contributed by atoms with E-state index >= 15 is 0 Å². The Morgan fingerprint density at radius 2 is 2.36 bits per heavy atom. The number of nitrogens with one attached hydrogen (secondary N) is 1. The molecule has 0 aliphatic rings. The fourth-order valence-electron chi connectivity index (χ4n) is 1.43. The summed E-state index contributed by atoms with van der Waals surface area (Å²) in [5, 5.41) is 0.665. The van der Waals surface area contributed by atoms with Crippen LogP contribution in [0.5, 0.6) is 0 Å². The second kappa shape index (κ2) is 3.84. The van der Waals surface area contributed by atoms with E-state index in [1.54, 1.807) is 24.3 Å². The Labute approximate surface area is 95.8 Å². The number of H-pyrrole nitrogens is 1. The fourth-order valence-corrected chi connectivity index (χ4v) is 1.43. The van der Waals surface area contributed by atoms with Gasteiger partial charge in [0.1, 0.15) is 0 Å². The van der Waals surface area contributed by atoms with Crippen molar-refractivity contribution in [3.05, 3.63) is 36.0 Å². The number of aromatic amines is 1. The second-order valence-corrected chi connectivity index (χ2v) is 3.12. The predicted octanol–water partition coefficient (Wildman–Crippen LogP) is 2.27. The molecule has 0 atom stereocenters.